The van der Waals surface area contributed by atoms with Crippen molar-refractivity contribution in [3.8, 4) is 17.1 Å². The zero-order chi connectivity index (χ0) is 20.6. The second kappa shape index (κ2) is 10.2. The van der Waals surface area contributed by atoms with Crippen molar-refractivity contribution in [1.29, 1.82) is 0 Å². The summed E-state index contributed by atoms with van der Waals surface area (Å²) in [6, 6.07) is 11.6. The second-order valence-corrected chi connectivity index (χ2v) is 7.69. The molecule has 0 aliphatic rings. The van der Waals surface area contributed by atoms with Gasteiger partial charge in [0.15, 0.2) is 11.0 Å². The third-order valence-electron chi connectivity index (χ3n) is 4.40. The highest BCUT2D eigenvalue weighted by Gasteiger charge is 2.18. The van der Waals surface area contributed by atoms with Crippen molar-refractivity contribution in [2.45, 2.75) is 44.4 Å². The van der Waals surface area contributed by atoms with Gasteiger partial charge in [-0.25, -0.2) is 0 Å². The highest BCUT2D eigenvalue weighted by Crippen LogP contribution is 2.27. The van der Waals surface area contributed by atoms with E-state index in [9.17, 15) is 4.79 Å². The standard InChI is InChI=1S/C21H26N4O3S/c1-4-7-15(2)22-19(26)14-29-21-24-23-20(16-8-5-9-17(12-16)27-3)25(21)13-18-10-6-11-28-18/h5-6,8-12,15H,4,7,13-14H2,1-3H3,(H,22,26)/t15-/m1/s1. The van der Waals surface area contributed by atoms with Crippen LogP contribution in [0.2, 0.25) is 0 Å². The molecule has 0 saturated carbocycles. The number of hydrogen-bond acceptors (Lipinski definition) is 6. The van der Waals surface area contributed by atoms with Gasteiger partial charge < -0.3 is 14.5 Å². The van der Waals surface area contributed by atoms with Crippen LogP contribution in [0.1, 0.15) is 32.4 Å². The van der Waals surface area contributed by atoms with Crippen molar-refractivity contribution >= 4 is 17.7 Å². The average Bonchev–Trinajstić information content (AvgIpc) is 3.37. The number of aromatic nitrogens is 3. The van der Waals surface area contributed by atoms with E-state index >= 15 is 0 Å². The van der Waals surface area contributed by atoms with Gasteiger partial charge in [0.05, 0.1) is 25.7 Å². The summed E-state index contributed by atoms with van der Waals surface area (Å²) in [5.41, 5.74) is 0.885. The van der Waals surface area contributed by atoms with Crippen LogP contribution >= 0.6 is 11.8 Å². The Hall–Kier alpha value is -2.74. The summed E-state index contributed by atoms with van der Waals surface area (Å²) in [6.07, 6.45) is 3.64. The predicted molar refractivity (Wildman–Crippen MR) is 113 cm³/mol. The monoisotopic (exact) mass is 414 g/mol. The molecule has 7 nitrogen and oxygen atoms in total. The van der Waals surface area contributed by atoms with E-state index in [2.05, 4.69) is 22.4 Å². The lowest BCUT2D eigenvalue weighted by molar-refractivity contribution is -0.119. The minimum atomic E-state index is -0.00794. The molecule has 8 heteroatoms. The van der Waals surface area contributed by atoms with E-state index in [4.69, 9.17) is 9.15 Å². The summed E-state index contributed by atoms with van der Waals surface area (Å²) in [7, 11) is 1.63. The number of methoxy groups -OCH3 is 1. The zero-order valence-corrected chi connectivity index (χ0v) is 17.7. The van der Waals surface area contributed by atoms with E-state index in [0.717, 1.165) is 29.9 Å². The minimum absolute atomic E-state index is 0.00794. The predicted octanol–water partition coefficient (Wildman–Crippen LogP) is 3.99. The molecule has 0 aliphatic heterocycles. The maximum absolute atomic E-state index is 12.3. The van der Waals surface area contributed by atoms with Gasteiger partial charge >= 0.3 is 0 Å². The zero-order valence-electron chi connectivity index (χ0n) is 16.9. The van der Waals surface area contributed by atoms with Crippen molar-refractivity contribution in [3.63, 3.8) is 0 Å². The highest BCUT2D eigenvalue weighted by atomic mass is 32.2. The Morgan fingerprint density at radius 2 is 2.17 bits per heavy atom. The topological polar surface area (TPSA) is 82.2 Å². The Morgan fingerprint density at radius 3 is 2.90 bits per heavy atom. The number of nitrogens with zero attached hydrogens (tertiary/aromatic N) is 3. The number of amides is 1. The second-order valence-electron chi connectivity index (χ2n) is 6.75. The summed E-state index contributed by atoms with van der Waals surface area (Å²) < 4.78 is 12.8. The molecule has 1 amide bonds. The van der Waals surface area contributed by atoms with Gasteiger partial charge in [0, 0.05) is 11.6 Å². The largest absolute Gasteiger partial charge is 0.497 e. The molecule has 2 heterocycles. The van der Waals surface area contributed by atoms with Crippen LogP contribution < -0.4 is 10.1 Å². The van der Waals surface area contributed by atoms with Crippen LogP contribution in [0.4, 0.5) is 0 Å². The molecule has 0 spiro atoms. The fourth-order valence-corrected chi connectivity index (χ4v) is 3.77. The van der Waals surface area contributed by atoms with E-state index in [1.165, 1.54) is 11.8 Å². The highest BCUT2D eigenvalue weighted by molar-refractivity contribution is 7.99. The van der Waals surface area contributed by atoms with Crippen LogP contribution in [-0.4, -0.2) is 39.6 Å². The summed E-state index contributed by atoms with van der Waals surface area (Å²) in [6.45, 7) is 4.60. The lowest BCUT2D eigenvalue weighted by Crippen LogP contribution is -2.33. The number of benzene rings is 1. The first kappa shape index (κ1) is 21.0. The first-order valence-corrected chi connectivity index (χ1v) is 10.6. The molecule has 1 atom stereocenters. The number of furan rings is 1. The molecule has 154 valence electrons. The van der Waals surface area contributed by atoms with E-state index in [-0.39, 0.29) is 17.7 Å². The van der Waals surface area contributed by atoms with E-state index in [1.54, 1.807) is 13.4 Å². The van der Waals surface area contributed by atoms with Gasteiger partial charge in [0.25, 0.3) is 0 Å². The maximum atomic E-state index is 12.3. The van der Waals surface area contributed by atoms with Crippen molar-refractivity contribution in [2.75, 3.05) is 12.9 Å². The van der Waals surface area contributed by atoms with Crippen LogP contribution in [-0.2, 0) is 11.3 Å². The quantitative estimate of drug-likeness (QED) is 0.505. The molecule has 2 aromatic heterocycles. The molecule has 3 aromatic rings. The van der Waals surface area contributed by atoms with E-state index < -0.39 is 0 Å². The Labute approximate surface area is 174 Å². The van der Waals surface area contributed by atoms with Gasteiger partial charge in [0.2, 0.25) is 5.91 Å². The minimum Gasteiger partial charge on any atom is -0.497 e. The molecule has 0 bridgehead atoms. The summed E-state index contributed by atoms with van der Waals surface area (Å²) in [5.74, 6) is 2.50. The molecule has 0 radical (unpaired) electrons. The molecule has 29 heavy (non-hydrogen) atoms. The van der Waals surface area contributed by atoms with Crippen molar-refractivity contribution in [2.24, 2.45) is 0 Å². The Kier molecular flexibility index (Phi) is 7.35. The van der Waals surface area contributed by atoms with Crippen LogP contribution in [0, 0.1) is 0 Å². The first-order valence-electron chi connectivity index (χ1n) is 9.62. The smallest absolute Gasteiger partial charge is 0.230 e. The maximum Gasteiger partial charge on any atom is 0.230 e. The summed E-state index contributed by atoms with van der Waals surface area (Å²) >= 11 is 1.37. The SMILES string of the molecule is CCC[C@@H](C)NC(=O)CSc1nnc(-c2cccc(OC)c2)n1Cc1ccco1. The lowest BCUT2D eigenvalue weighted by Gasteiger charge is -2.13. The molecule has 1 N–H and O–H groups in total. The number of nitrogens with one attached hydrogen (secondary N) is 1. The van der Waals surface area contributed by atoms with Crippen molar-refractivity contribution in [3.05, 3.63) is 48.4 Å². The molecule has 3 rings (SSSR count). The first-order chi connectivity index (χ1) is 14.1. The lowest BCUT2D eigenvalue weighted by atomic mass is 10.2. The van der Waals surface area contributed by atoms with Gasteiger partial charge in [-0.1, -0.05) is 37.2 Å². The van der Waals surface area contributed by atoms with Crippen molar-refractivity contribution in [1.82, 2.24) is 20.1 Å². The van der Waals surface area contributed by atoms with Gasteiger partial charge in [-0.2, -0.15) is 0 Å². The third kappa shape index (κ3) is 5.63. The number of rotatable bonds is 10. The number of hydrogen-bond donors (Lipinski definition) is 1. The van der Waals surface area contributed by atoms with Crippen LogP contribution in [0.3, 0.4) is 0 Å². The summed E-state index contributed by atoms with van der Waals surface area (Å²) in [5, 5.41) is 12.4. The summed E-state index contributed by atoms with van der Waals surface area (Å²) in [4.78, 5) is 12.3. The average molecular weight is 415 g/mol. The number of thioether (sulfide) groups is 1. The normalized spacial score (nSPS) is 12.0. The number of ether oxygens (including phenoxy) is 1. The van der Waals surface area contributed by atoms with Gasteiger partial charge in [-0.15, -0.1) is 10.2 Å². The van der Waals surface area contributed by atoms with Gasteiger partial charge in [0.1, 0.15) is 11.5 Å². The molecular formula is C21H26N4O3S. The van der Waals surface area contributed by atoms with Crippen LogP contribution in [0.5, 0.6) is 5.75 Å². The fraction of sp³-hybridized carbons (Fsp3) is 0.381. The van der Waals surface area contributed by atoms with Gasteiger partial charge in [-0.3, -0.25) is 9.36 Å². The van der Waals surface area contributed by atoms with Crippen LogP contribution in [0.25, 0.3) is 11.4 Å². The van der Waals surface area contributed by atoms with E-state index in [0.29, 0.717) is 17.5 Å². The third-order valence-corrected chi connectivity index (χ3v) is 5.37. The Balaban J connectivity index is 1.81. The fourth-order valence-electron chi connectivity index (χ4n) is 3.02. The van der Waals surface area contributed by atoms with Crippen molar-refractivity contribution < 1.29 is 13.9 Å². The number of carbonyl (C=O) groups is 1. The molecule has 0 saturated heterocycles. The molecule has 0 unspecified atom stereocenters. The molecule has 0 fully saturated rings. The molecule has 0 aliphatic carbocycles. The van der Waals surface area contributed by atoms with E-state index in [1.807, 2.05) is 47.9 Å². The van der Waals surface area contributed by atoms with Crippen LogP contribution in [0.15, 0.2) is 52.2 Å². The van der Waals surface area contributed by atoms with Gasteiger partial charge in [-0.05, 0) is 37.6 Å². The Bertz CT molecular complexity index is 924. The molecule has 1 aromatic carbocycles. The Morgan fingerprint density at radius 1 is 1.31 bits per heavy atom. The number of carbonyl (C=O) groups excluding carboxylic acids is 1. The molecular weight excluding hydrogens is 388 g/mol.